The van der Waals surface area contributed by atoms with Crippen LogP contribution < -0.4 is 10.2 Å². The zero-order chi connectivity index (χ0) is 20.4. The first-order valence-electron chi connectivity index (χ1n) is 7.59. The van der Waals surface area contributed by atoms with Crippen LogP contribution >= 0.6 is 0 Å². The van der Waals surface area contributed by atoms with Crippen LogP contribution in [0.1, 0.15) is 18.9 Å². The molecule has 1 unspecified atom stereocenters. The lowest BCUT2D eigenvalue weighted by atomic mass is 9.93. The van der Waals surface area contributed by atoms with Gasteiger partial charge in [0.2, 0.25) is 11.7 Å². The molecule has 1 heterocycles. The van der Waals surface area contributed by atoms with E-state index in [0.717, 1.165) is 12.1 Å². The monoisotopic (exact) mass is 412 g/mol. The van der Waals surface area contributed by atoms with Crippen molar-refractivity contribution in [2.45, 2.75) is 19.3 Å². The maximum atomic E-state index is 14.3. The Bertz CT molecular complexity index is 873. The van der Waals surface area contributed by atoms with E-state index in [1.54, 1.807) is 6.92 Å². The third kappa shape index (κ3) is 5.63. The third-order valence-corrected chi connectivity index (χ3v) is 4.05. The van der Waals surface area contributed by atoms with E-state index < -0.39 is 52.6 Å². The Labute approximate surface area is 152 Å². The fourth-order valence-corrected chi connectivity index (χ4v) is 2.62. The molecule has 0 aromatic heterocycles. The zero-order valence-corrected chi connectivity index (χ0v) is 15.1. The van der Waals surface area contributed by atoms with Gasteiger partial charge < -0.3 is 4.74 Å². The van der Waals surface area contributed by atoms with Crippen molar-refractivity contribution in [1.29, 1.82) is 0 Å². The highest BCUT2D eigenvalue weighted by molar-refractivity contribution is 7.85. The van der Waals surface area contributed by atoms with E-state index in [1.165, 1.54) is 0 Å². The summed E-state index contributed by atoms with van der Waals surface area (Å²) in [6.07, 6.45) is 0.625. The Morgan fingerprint density at radius 1 is 1.26 bits per heavy atom. The van der Waals surface area contributed by atoms with Crippen molar-refractivity contribution in [3.8, 4) is 5.75 Å². The van der Waals surface area contributed by atoms with Gasteiger partial charge in [0.25, 0.3) is 10.1 Å². The number of hydrogen-bond acceptors (Lipinski definition) is 6. The molecule has 150 valence electrons. The van der Waals surface area contributed by atoms with Gasteiger partial charge in [-0.1, -0.05) is 6.92 Å². The van der Waals surface area contributed by atoms with Crippen LogP contribution in [0.2, 0.25) is 0 Å². The lowest BCUT2D eigenvalue weighted by molar-refractivity contribution is -0.121. The number of nitrogens with zero attached hydrogens (tertiary/aromatic N) is 1. The SMILES string of the molecule is CC1CC(=O)NN=C1c1ccc(OCC(F)(F)COS(C)(=O)=O)c(F)c1F. The van der Waals surface area contributed by atoms with Gasteiger partial charge in [0, 0.05) is 17.9 Å². The quantitative estimate of drug-likeness (QED) is 0.545. The molecule has 1 aliphatic heterocycles. The van der Waals surface area contributed by atoms with E-state index in [0.29, 0.717) is 6.26 Å². The summed E-state index contributed by atoms with van der Waals surface area (Å²) in [5.74, 6) is -8.27. The summed E-state index contributed by atoms with van der Waals surface area (Å²) in [7, 11) is -4.10. The fourth-order valence-electron chi connectivity index (χ4n) is 2.24. The van der Waals surface area contributed by atoms with Crippen molar-refractivity contribution >= 4 is 21.7 Å². The van der Waals surface area contributed by atoms with Crippen LogP contribution in [0.5, 0.6) is 5.75 Å². The Hall–Kier alpha value is -2.21. The van der Waals surface area contributed by atoms with E-state index in [2.05, 4.69) is 19.4 Å². The number of alkyl halides is 2. The molecule has 1 aliphatic rings. The number of amides is 1. The molecule has 0 aliphatic carbocycles. The highest BCUT2D eigenvalue weighted by Gasteiger charge is 2.33. The number of rotatable bonds is 7. The summed E-state index contributed by atoms with van der Waals surface area (Å²) in [4.78, 5) is 11.2. The van der Waals surface area contributed by atoms with Gasteiger partial charge in [0.15, 0.2) is 18.2 Å². The van der Waals surface area contributed by atoms with E-state index in [1.807, 2.05) is 0 Å². The zero-order valence-electron chi connectivity index (χ0n) is 14.3. The molecule has 1 amide bonds. The summed E-state index contributed by atoms with van der Waals surface area (Å²) in [6.45, 7) is -1.32. The van der Waals surface area contributed by atoms with Gasteiger partial charge in [-0.25, -0.2) is 18.6 Å². The van der Waals surface area contributed by atoms with Crippen molar-refractivity contribution in [2.75, 3.05) is 19.5 Å². The topological polar surface area (TPSA) is 94.1 Å². The van der Waals surface area contributed by atoms with Crippen LogP contribution in [0.4, 0.5) is 17.6 Å². The molecule has 12 heteroatoms. The molecule has 0 fully saturated rings. The molecule has 1 atom stereocenters. The summed E-state index contributed by atoms with van der Waals surface area (Å²) in [6, 6.07) is 2.03. The molecule has 2 rings (SSSR count). The van der Waals surface area contributed by atoms with Gasteiger partial charge in [-0.2, -0.15) is 17.9 Å². The van der Waals surface area contributed by atoms with Crippen LogP contribution in [-0.4, -0.2) is 45.4 Å². The van der Waals surface area contributed by atoms with Crippen molar-refractivity contribution in [2.24, 2.45) is 11.0 Å². The minimum Gasteiger partial charge on any atom is -0.484 e. The van der Waals surface area contributed by atoms with Crippen LogP contribution in [0.15, 0.2) is 17.2 Å². The van der Waals surface area contributed by atoms with Crippen LogP contribution in [0.25, 0.3) is 0 Å². The smallest absolute Gasteiger partial charge is 0.305 e. The average molecular weight is 412 g/mol. The Kier molecular flexibility index (Phi) is 6.10. The van der Waals surface area contributed by atoms with Crippen LogP contribution in [0.3, 0.4) is 0 Å². The standard InChI is InChI=1S/C15H16F4N2O5S/c1-8-5-11(22)20-21-14(8)9-3-4-10(13(17)12(9)16)25-6-15(18,19)7-26-27(2,23)24/h3-4,8H,5-7H2,1-2H3,(H,20,22). The number of ether oxygens (including phenoxy) is 1. The minimum absolute atomic E-state index is 0.0324. The number of nitrogens with one attached hydrogen (secondary N) is 1. The molecular weight excluding hydrogens is 396 g/mol. The number of benzene rings is 1. The minimum atomic E-state index is -4.10. The van der Waals surface area contributed by atoms with Crippen molar-refractivity contribution in [3.63, 3.8) is 0 Å². The van der Waals surface area contributed by atoms with Gasteiger partial charge in [0.1, 0.15) is 6.61 Å². The molecule has 1 aromatic rings. The Morgan fingerprint density at radius 2 is 1.93 bits per heavy atom. The highest BCUT2D eigenvalue weighted by Crippen LogP contribution is 2.28. The maximum absolute atomic E-state index is 14.3. The van der Waals surface area contributed by atoms with Gasteiger partial charge in [-0.05, 0) is 12.1 Å². The first-order valence-corrected chi connectivity index (χ1v) is 9.41. The number of halogens is 4. The average Bonchev–Trinajstić information content (AvgIpc) is 2.55. The second-order valence-electron chi connectivity index (χ2n) is 5.99. The predicted octanol–water partition coefficient (Wildman–Crippen LogP) is 1.82. The second-order valence-corrected chi connectivity index (χ2v) is 7.63. The van der Waals surface area contributed by atoms with Gasteiger partial charge in [-0.3, -0.25) is 8.98 Å². The molecule has 7 nitrogen and oxygen atoms in total. The lowest BCUT2D eigenvalue weighted by Crippen LogP contribution is -2.33. The third-order valence-electron chi connectivity index (χ3n) is 3.51. The predicted molar refractivity (Wildman–Crippen MR) is 86.1 cm³/mol. The van der Waals surface area contributed by atoms with E-state index in [4.69, 9.17) is 0 Å². The largest absolute Gasteiger partial charge is 0.484 e. The molecule has 1 aromatic carbocycles. The highest BCUT2D eigenvalue weighted by atomic mass is 32.2. The van der Waals surface area contributed by atoms with Crippen LogP contribution in [0, 0.1) is 17.6 Å². The number of hydrogen-bond donors (Lipinski definition) is 1. The molecule has 0 saturated carbocycles. The molecule has 0 bridgehead atoms. The number of carbonyl (C=O) groups is 1. The van der Waals surface area contributed by atoms with E-state index in [9.17, 15) is 30.8 Å². The first-order chi connectivity index (χ1) is 12.4. The van der Waals surface area contributed by atoms with Crippen LogP contribution in [-0.2, 0) is 19.1 Å². The molecule has 0 radical (unpaired) electrons. The lowest BCUT2D eigenvalue weighted by Gasteiger charge is -2.20. The van der Waals surface area contributed by atoms with E-state index in [-0.39, 0.29) is 23.6 Å². The molecule has 0 spiro atoms. The number of carbonyl (C=O) groups excluding carboxylic acids is 1. The normalized spacial score (nSPS) is 18.1. The summed E-state index contributed by atoms with van der Waals surface area (Å²) in [5, 5.41) is 3.70. The van der Waals surface area contributed by atoms with Gasteiger partial charge in [0.05, 0.1) is 12.0 Å². The number of hydrazone groups is 1. The molecule has 27 heavy (non-hydrogen) atoms. The molecule has 0 saturated heterocycles. The first kappa shape index (κ1) is 21.1. The second kappa shape index (κ2) is 7.80. The molecule has 1 N–H and O–H groups in total. The summed E-state index contributed by atoms with van der Waals surface area (Å²) in [5.41, 5.74) is 2.02. The van der Waals surface area contributed by atoms with Crippen molar-refractivity contribution in [3.05, 3.63) is 29.3 Å². The summed E-state index contributed by atoms with van der Waals surface area (Å²) >= 11 is 0. The Balaban J connectivity index is 2.14. The maximum Gasteiger partial charge on any atom is 0.305 e. The van der Waals surface area contributed by atoms with E-state index >= 15 is 0 Å². The molecular formula is C15H16F4N2O5S. The van der Waals surface area contributed by atoms with Crippen molar-refractivity contribution in [1.82, 2.24) is 5.43 Å². The fraction of sp³-hybridized carbons (Fsp3) is 0.467. The van der Waals surface area contributed by atoms with Gasteiger partial charge >= 0.3 is 5.92 Å². The van der Waals surface area contributed by atoms with Gasteiger partial charge in [-0.15, -0.1) is 0 Å². The van der Waals surface area contributed by atoms with Crippen molar-refractivity contribution < 1.29 is 39.7 Å². The summed E-state index contributed by atoms with van der Waals surface area (Å²) < 4.78 is 85.6. The Morgan fingerprint density at radius 3 is 2.52 bits per heavy atom.